The predicted molar refractivity (Wildman–Crippen MR) is 67.4 cm³/mol. The lowest BCUT2D eigenvalue weighted by Gasteiger charge is -2.27. The highest BCUT2D eigenvalue weighted by Crippen LogP contribution is 2.29. The molecule has 0 spiro atoms. The summed E-state index contributed by atoms with van der Waals surface area (Å²) >= 11 is 0. The number of carbonyl (C=O) groups excluding carboxylic acids is 1. The Balaban J connectivity index is 2.46. The van der Waals surface area contributed by atoms with Crippen molar-refractivity contribution in [3.8, 4) is 0 Å². The minimum atomic E-state index is -4.29. The minimum absolute atomic E-state index is 0.131. The van der Waals surface area contributed by atoms with Gasteiger partial charge in [0.05, 0.1) is 5.25 Å². The molecule has 1 aliphatic carbocycles. The molecule has 4 nitrogen and oxygen atoms in total. The molecule has 1 rings (SSSR count). The number of hydrogen-bond acceptors (Lipinski definition) is 4. The van der Waals surface area contributed by atoms with Crippen LogP contribution in [0, 0.1) is 5.92 Å². The largest absolute Gasteiger partial charge is 0.367 e. The van der Waals surface area contributed by atoms with E-state index in [-0.39, 0.29) is 6.42 Å². The van der Waals surface area contributed by atoms with Crippen LogP contribution in [0.15, 0.2) is 0 Å². The summed E-state index contributed by atoms with van der Waals surface area (Å²) in [6, 6.07) is 0. The van der Waals surface area contributed by atoms with E-state index in [0.717, 1.165) is 6.26 Å². The Hall–Kier alpha value is -0.700. The highest BCUT2D eigenvalue weighted by Gasteiger charge is 2.41. The third kappa shape index (κ3) is 5.54. The highest BCUT2D eigenvalue weighted by atomic mass is 32.2. The van der Waals surface area contributed by atoms with E-state index in [1.807, 2.05) is 0 Å². The van der Waals surface area contributed by atoms with Crippen LogP contribution in [0.2, 0.25) is 0 Å². The first-order valence-corrected chi connectivity index (χ1v) is 8.45. The van der Waals surface area contributed by atoms with E-state index in [0.29, 0.717) is 19.3 Å². The van der Waals surface area contributed by atoms with E-state index in [1.165, 1.54) is 0 Å². The Morgan fingerprint density at radius 1 is 1.33 bits per heavy atom. The molecule has 0 amide bonds. The zero-order valence-corrected chi connectivity index (χ0v) is 12.3. The molecule has 1 saturated carbocycles. The molecule has 2 unspecified atom stereocenters. The molecule has 0 N–H and O–H groups in total. The molecule has 124 valence electrons. The van der Waals surface area contributed by atoms with Gasteiger partial charge in [-0.05, 0) is 19.3 Å². The van der Waals surface area contributed by atoms with Gasteiger partial charge in [0.2, 0.25) is 0 Å². The number of ketones is 1. The Morgan fingerprint density at radius 2 is 1.95 bits per heavy atom. The Bertz CT molecular complexity index is 464. The lowest BCUT2D eigenvalue weighted by molar-refractivity contribution is -0.169. The summed E-state index contributed by atoms with van der Waals surface area (Å²) in [5.41, 5.74) is 0. The van der Waals surface area contributed by atoms with Crippen LogP contribution in [0.5, 0.6) is 0 Å². The average molecular weight is 334 g/mol. The van der Waals surface area contributed by atoms with E-state index in [4.69, 9.17) is 0 Å². The average Bonchev–Trinajstić information content (AvgIpc) is 2.37. The summed E-state index contributed by atoms with van der Waals surface area (Å²) in [5.74, 6) is -5.39. The lowest BCUT2D eigenvalue weighted by Crippen LogP contribution is -2.35. The predicted octanol–water partition coefficient (Wildman–Crippen LogP) is 2.08. The van der Waals surface area contributed by atoms with Crippen molar-refractivity contribution in [2.45, 2.75) is 43.3 Å². The summed E-state index contributed by atoms with van der Waals surface area (Å²) in [5, 5.41) is -0.622. The fourth-order valence-corrected chi connectivity index (χ4v) is 3.47. The van der Waals surface area contributed by atoms with Crippen LogP contribution >= 0.6 is 0 Å². The Morgan fingerprint density at radius 3 is 2.48 bits per heavy atom. The molecular weight excluding hydrogens is 316 g/mol. The van der Waals surface area contributed by atoms with Crippen molar-refractivity contribution in [1.82, 2.24) is 0 Å². The van der Waals surface area contributed by atoms with Gasteiger partial charge >= 0.3 is 12.3 Å². The molecule has 0 heterocycles. The molecule has 0 aromatic heterocycles. The van der Waals surface area contributed by atoms with Crippen molar-refractivity contribution in [2.75, 3.05) is 19.5 Å². The number of rotatable bonds is 7. The number of alkyl halides is 4. The van der Waals surface area contributed by atoms with Gasteiger partial charge in [0.25, 0.3) is 0 Å². The first-order chi connectivity index (χ1) is 9.54. The maximum Gasteiger partial charge on any atom is 0.330 e. The molecule has 2 atom stereocenters. The molecule has 0 aromatic carbocycles. The van der Waals surface area contributed by atoms with Crippen LogP contribution in [-0.4, -0.2) is 51.3 Å². The summed E-state index contributed by atoms with van der Waals surface area (Å²) in [4.78, 5) is 11.8. The maximum absolute atomic E-state index is 12.6. The van der Waals surface area contributed by atoms with E-state index >= 15 is 0 Å². The van der Waals surface area contributed by atoms with Gasteiger partial charge in [-0.2, -0.15) is 8.78 Å². The van der Waals surface area contributed by atoms with Crippen LogP contribution in [0.25, 0.3) is 0 Å². The van der Waals surface area contributed by atoms with Crippen molar-refractivity contribution in [1.29, 1.82) is 0 Å². The summed E-state index contributed by atoms with van der Waals surface area (Å²) in [6.07, 6.45) is -1.17. The van der Waals surface area contributed by atoms with Crippen molar-refractivity contribution in [3.63, 3.8) is 0 Å². The zero-order valence-electron chi connectivity index (χ0n) is 11.5. The normalized spacial score (nSPS) is 24.3. The summed E-state index contributed by atoms with van der Waals surface area (Å²) < 4.78 is 76.2. The van der Waals surface area contributed by atoms with Gasteiger partial charge in [-0.3, -0.25) is 4.79 Å². The molecule has 9 heteroatoms. The minimum Gasteiger partial charge on any atom is -0.367 e. The number of halogens is 4. The molecule has 1 fully saturated rings. The molecule has 0 saturated heterocycles. The molecule has 0 bridgehead atoms. The van der Waals surface area contributed by atoms with E-state index in [9.17, 15) is 30.8 Å². The fourth-order valence-electron chi connectivity index (χ4n) is 2.29. The topological polar surface area (TPSA) is 60.4 Å². The second kappa shape index (κ2) is 7.04. The van der Waals surface area contributed by atoms with Gasteiger partial charge in [-0.1, -0.05) is 6.42 Å². The lowest BCUT2D eigenvalue weighted by atomic mass is 9.86. The van der Waals surface area contributed by atoms with Gasteiger partial charge < -0.3 is 4.74 Å². The first-order valence-electron chi connectivity index (χ1n) is 6.49. The molecule has 1 aliphatic rings. The van der Waals surface area contributed by atoms with Crippen LogP contribution < -0.4 is 0 Å². The van der Waals surface area contributed by atoms with Crippen molar-refractivity contribution >= 4 is 15.6 Å². The van der Waals surface area contributed by atoms with Crippen LogP contribution in [0.1, 0.15) is 25.7 Å². The fraction of sp³-hybridized carbons (Fsp3) is 0.917. The van der Waals surface area contributed by atoms with Gasteiger partial charge in [0.1, 0.15) is 23.1 Å². The third-order valence-corrected chi connectivity index (χ3v) is 5.18. The smallest absolute Gasteiger partial charge is 0.330 e. The number of hydrogen-bond donors (Lipinski definition) is 0. The number of ether oxygens (including phenoxy) is 1. The third-order valence-electron chi connectivity index (χ3n) is 3.55. The highest BCUT2D eigenvalue weighted by molar-refractivity contribution is 7.91. The van der Waals surface area contributed by atoms with E-state index in [2.05, 4.69) is 4.74 Å². The van der Waals surface area contributed by atoms with Crippen LogP contribution in [-0.2, 0) is 19.4 Å². The molecule has 0 aliphatic heterocycles. The molecular formula is C12H18F4O4S. The number of Topliss-reactive ketones (excluding diaryl/α,β-unsaturated/α-hetero) is 1. The second-order valence-electron chi connectivity index (χ2n) is 5.34. The number of carbonyl (C=O) groups is 1. The summed E-state index contributed by atoms with van der Waals surface area (Å²) in [7, 11) is -3.26. The maximum atomic E-state index is 12.6. The van der Waals surface area contributed by atoms with Crippen LogP contribution in [0.3, 0.4) is 0 Å². The van der Waals surface area contributed by atoms with Gasteiger partial charge in [-0.15, -0.1) is 0 Å². The van der Waals surface area contributed by atoms with E-state index < -0.39 is 52.4 Å². The molecule has 0 radical (unpaired) electrons. The Labute approximate surface area is 120 Å². The zero-order chi connectivity index (χ0) is 16.3. The monoisotopic (exact) mass is 334 g/mol. The van der Waals surface area contributed by atoms with Crippen molar-refractivity contribution in [3.05, 3.63) is 0 Å². The van der Waals surface area contributed by atoms with Gasteiger partial charge in [0.15, 0.2) is 5.78 Å². The standard InChI is InChI=1S/C12H18F4O4S/c1-21(18,19)9-4-2-3-8(5-9)10(17)6-20-7-12(15,16)11(13)14/h8-9,11H,2-7H2,1H3. The molecule has 21 heavy (non-hydrogen) atoms. The summed E-state index contributed by atoms with van der Waals surface area (Å²) in [6.45, 7) is -2.23. The van der Waals surface area contributed by atoms with Gasteiger partial charge in [-0.25, -0.2) is 17.2 Å². The number of sulfone groups is 1. The van der Waals surface area contributed by atoms with E-state index in [1.54, 1.807) is 0 Å². The SMILES string of the molecule is CS(=O)(=O)C1CCCC(C(=O)COCC(F)(F)C(F)F)C1. The molecule has 0 aromatic rings. The second-order valence-corrected chi connectivity index (χ2v) is 7.66. The van der Waals surface area contributed by atoms with Crippen LogP contribution in [0.4, 0.5) is 17.6 Å². The van der Waals surface area contributed by atoms with Crippen molar-refractivity contribution in [2.24, 2.45) is 5.92 Å². The quantitative estimate of drug-likeness (QED) is 0.669. The first kappa shape index (κ1) is 18.3. The Kier molecular flexibility index (Phi) is 6.15. The van der Waals surface area contributed by atoms with Gasteiger partial charge in [0, 0.05) is 12.2 Å². The van der Waals surface area contributed by atoms with Crippen molar-refractivity contribution < 1.29 is 35.5 Å².